The molecule has 0 radical (unpaired) electrons. The van der Waals surface area contributed by atoms with Gasteiger partial charge in [-0.05, 0) is 24.6 Å². The number of nitrogens with one attached hydrogen (secondary N) is 1. The summed E-state index contributed by atoms with van der Waals surface area (Å²) in [4.78, 5) is 23.8. The van der Waals surface area contributed by atoms with Crippen LogP contribution in [0.2, 0.25) is 0 Å². The number of amides is 1. The number of hydrogen-bond acceptors (Lipinski definition) is 3. The number of carbonyl (C=O) groups excluding carboxylic acids is 1. The third-order valence-corrected chi connectivity index (χ3v) is 3.98. The van der Waals surface area contributed by atoms with Gasteiger partial charge in [-0.1, -0.05) is 13.0 Å². The molecule has 0 unspecified atom stereocenters. The van der Waals surface area contributed by atoms with Crippen molar-refractivity contribution < 1.29 is 23.5 Å². The monoisotopic (exact) mass is 311 g/mol. The average Bonchev–Trinajstić information content (AvgIpc) is 2.85. The van der Waals surface area contributed by atoms with E-state index in [0.29, 0.717) is 6.42 Å². The molecular weight excluding hydrogens is 300 g/mol. The van der Waals surface area contributed by atoms with Crippen LogP contribution in [0.25, 0.3) is 0 Å². The van der Waals surface area contributed by atoms with Gasteiger partial charge in [-0.25, -0.2) is 13.6 Å². The largest absolute Gasteiger partial charge is 0.478 e. The highest BCUT2D eigenvalue weighted by Crippen LogP contribution is 2.29. The van der Waals surface area contributed by atoms with Gasteiger partial charge >= 0.3 is 5.97 Å². The van der Waals surface area contributed by atoms with Crippen molar-refractivity contribution in [2.75, 3.05) is 5.32 Å². The summed E-state index contributed by atoms with van der Waals surface area (Å²) in [5, 5.41) is 11.5. The van der Waals surface area contributed by atoms with E-state index in [1.165, 1.54) is 12.1 Å². The normalized spacial score (nSPS) is 10.4. The van der Waals surface area contributed by atoms with Gasteiger partial charge in [0.25, 0.3) is 5.91 Å². The Balaban J connectivity index is 2.33. The number of carboxylic acid groups (broad SMARTS) is 1. The summed E-state index contributed by atoms with van der Waals surface area (Å²) < 4.78 is 26.6. The first-order chi connectivity index (χ1) is 9.93. The van der Waals surface area contributed by atoms with Gasteiger partial charge in [-0.2, -0.15) is 0 Å². The minimum absolute atomic E-state index is 0.0676. The van der Waals surface area contributed by atoms with Crippen LogP contribution in [0.5, 0.6) is 0 Å². The van der Waals surface area contributed by atoms with Crippen LogP contribution in [0.4, 0.5) is 13.8 Å². The van der Waals surface area contributed by atoms with Gasteiger partial charge in [-0.15, -0.1) is 11.3 Å². The van der Waals surface area contributed by atoms with Crippen LogP contribution in [-0.4, -0.2) is 17.0 Å². The molecule has 2 N–H and O–H groups in total. The molecule has 2 aromatic rings. The van der Waals surface area contributed by atoms with Crippen molar-refractivity contribution in [1.82, 2.24) is 0 Å². The van der Waals surface area contributed by atoms with Crippen molar-refractivity contribution >= 4 is 28.2 Å². The van der Waals surface area contributed by atoms with Crippen LogP contribution >= 0.6 is 11.3 Å². The SMILES string of the molecule is CCc1cc(C(=O)O)c(NC(=O)c2cccc(F)c2F)s1. The summed E-state index contributed by atoms with van der Waals surface area (Å²) in [7, 11) is 0. The maximum absolute atomic E-state index is 13.5. The zero-order valence-electron chi connectivity index (χ0n) is 10.9. The predicted octanol–water partition coefficient (Wildman–Crippen LogP) is 3.54. The molecular formula is C14H11F2NO3S. The molecule has 0 aliphatic carbocycles. The lowest BCUT2D eigenvalue weighted by Gasteiger charge is -2.05. The number of carboxylic acids is 1. The molecule has 110 valence electrons. The average molecular weight is 311 g/mol. The summed E-state index contributed by atoms with van der Waals surface area (Å²) in [6.07, 6.45) is 0.606. The Labute approximate surface area is 123 Å². The smallest absolute Gasteiger partial charge is 0.338 e. The number of hydrogen-bond donors (Lipinski definition) is 2. The molecule has 1 heterocycles. The number of benzene rings is 1. The third kappa shape index (κ3) is 3.08. The standard InChI is InChI=1S/C14H11F2NO3S/c1-2-7-6-9(14(19)20)13(21-7)17-12(18)8-4-3-5-10(15)11(8)16/h3-6H,2H2,1H3,(H,17,18)(H,19,20). The van der Waals surface area contributed by atoms with Crippen LogP contribution < -0.4 is 5.32 Å². The van der Waals surface area contributed by atoms with Crippen molar-refractivity contribution in [3.63, 3.8) is 0 Å². The van der Waals surface area contributed by atoms with E-state index in [1.54, 1.807) is 0 Å². The summed E-state index contributed by atoms with van der Waals surface area (Å²) in [5.41, 5.74) is -0.542. The first kappa shape index (κ1) is 15.1. The zero-order chi connectivity index (χ0) is 15.6. The van der Waals surface area contributed by atoms with Crippen LogP contribution in [0.15, 0.2) is 24.3 Å². The number of rotatable bonds is 4. The number of halogens is 2. The van der Waals surface area contributed by atoms with Crippen LogP contribution in [0.1, 0.15) is 32.5 Å². The highest BCUT2D eigenvalue weighted by molar-refractivity contribution is 7.16. The van der Waals surface area contributed by atoms with Gasteiger partial charge < -0.3 is 10.4 Å². The zero-order valence-corrected chi connectivity index (χ0v) is 11.8. The molecule has 7 heteroatoms. The molecule has 0 aliphatic heterocycles. The Hall–Kier alpha value is -2.28. The second-order valence-electron chi connectivity index (χ2n) is 4.17. The second-order valence-corrected chi connectivity index (χ2v) is 5.31. The van der Waals surface area contributed by atoms with E-state index >= 15 is 0 Å². The van der Waals surface area contributed by atoms with Gasteiger partial charge in [0.15, 0.2) is 11.6 Å². The molecule has 4 nitrogen and oxygen atoms in total. The van der Waals surface area contributed by atoms with E-state index in [2.05, 4.69) is 5.32 Å². The van der Waals surface area contributed by atoms with Crippen molar-refractivity contribution in [1.29, 1.82) is 0 Å². The minimum Gasteiger partial charge on any atom is -0.478 e. The Morgan fingerprint density at radius 2 is 2.00 bits per heavy atom. The molecule has 1 aromatic heterocycles. The maximum atomic E-state index is 13.5. The number of thiophene rings is 1. The van der Waals surface area contributed by atoms with Gasteiger partial charge in [0.1, 0.15) is 5.00 Å². The lowest BCUT2D eigenvalue weighted by atomic mass is 10.2. The van der Waals surface area contributed by atoms with Gasteiger partial charge in [-0.3, -0.25) is 4.79 Å². The van der Waals surface area contributed by atoms with Gasteiger partial charge in [0, 0.05) is 4.88 Å². The number of carbonyl (C=O) groups is 2. The molecule has 1 aromatic carbocycles. The molecule has 0 aliphatic rings. The van der Waals surface area contributed by atoms with Crippen LogP contribution in [0, 0.1) is 11.6 Å². The van der Waals surface area contributed by atoms with E-state index in [0.717, 1.165) is 28.3 Å². The fourth-order valence-electron chi connectivity index (χ4n) is 1.72. The fourth-order valence-corrected chi connectivity index (χ4v) is 2.70. The Morgan fingerprint density at radius 3 is 2.62 bits per heavy atom. The molecule has 0 atom stereocenters. The summed E-state index contributed by atoms with van der Waals surface area (Å²) >= 11 is 1.09. The predicted molar refractivity (Wildman–Crippen MR) is 75.0 cm³/mol. The first-order valence-electron chi connectivity index (χ1n) is 6.05. The topological polar surface area (TPSA) is 66.4 Å². The lowest BCUT2D eigenvalue weighted by molar-refractivity contribution is 0.0698. The van der Waals surface area contributed by atoms with Crippen LogP contribution in [-0.2, 0) is 6.42 Å². The summed E-state index contributed by atoms with van der Waals surface area (Å²) in [6, 6.07) is 4.68. The van der Waals surface area contributed by atoms with E-state index in [-0.39, 0.29) is 10.6 Å². The number of aromatic carboxylic acids is 1. The number of aryl methyl sites for hydroxylation is 1. The summed E-state index contributed by atoms with van der Waals surface area (Å²) in [5.74, 6) is -4.49. The third-order valence-electron chi connectivity index (χ3n) is 2.79. The molecule has 0 bridgehead atoms. The lowest BCUT2D eigenvalue weighted by Crippen LogP contribution is -2.15. The maximum Gasteiger partial charge on any atom is 0.338 e. The van der Waals surface area contributed by atoms with Crippen molar-refractivity contribution in [3.05, 3.63) is 51.9 Å². The van der Waals surface area contributed by atoms with Crippen LogP contribution in [0.3, 0.4) is 0 Å². The van der Waals surface area contributed by atoms with Gasteiger partial charge in [0.2, 0.25) is 0 Å². The van der Waals surface area contributed by atoms with E-state index in [4.69, 9.17) is 5.11 Å². The Kier molecular flexibility index (Phi) is 4.32. The van der Waals surface area contributed by atoms with Gasteiger partial charge in [0.05, 0.1) is 11.1 Å². The Morgan fingerprint density at radius 1 is 1.29 bits per heavy atom. The highest BCUT2D eigenvalue weighted by atomic mass is 32.1. The Bertz CT molecular complexity index is 712. The van der Waals surface area contributed by atoms with Crippen molar-refractivity contribution in [2.45, 2.75) is 13.3 Å². The number of anilines is 1. The van der Waals surface area contributed by atoms with Crippen molar-refractivity contribution in [3.8, 4) is 0 Å². The first-order valence-corrected chi connectivity index (χ1v) is 6.87. The van der Waals surface area contributed by atoms with E-state index in [9.17, 15) is 18.4 Å². The molecule has 21 heavy (non-hydrogen) atoms. The molecule has 0 saturated carbocycles. The van der Waals surface area contributed by atoms with E-state index in [1.807, 2.05) is 6.92 Å². The second kappa shape index (κ2) is 6.01. The van der Waals surface area contributed by atoms with Crippen molar-refractivity contribution in [2.24, 2.45) is 0 Å². The van der Waals surface area contributed by atoms with E-state index < -0.39 is 29.1 Å². The molecule has 0 spiro atoms. The molecule has 2 rings (SSSR count). The highest BCUT2D eigenvalue weighted by Gasteiger charge is 2.20. The minimum atomic E-state index is -1.26. The molecule has 1 amide bonds. The fraction of sp³-hybridized carbons (Fsp3) is 0.143. The quantitative estimate of drug-likeness (QED) is 0.907. The summed E-state index contributed by atoms with van der Waals surface area (Å²) in [6.45, 7) is 1.84. The molecule has 0 saturated heterocycles. The molecule has 0 fully saturated rings.